The number of carbonyl (C=O) groups excluding carboxylic acids is 1. The molecule has 0 radical (unpaired) electrons. The first-order valence-electron chi connectivity index (χ1n) is 6.90. The molecule has 1 aromatic carbocycles. The van der Waals surface area contributed by atoms with Crippen LogP contribution < -0.4 is 10.0 Å². The molecule has 0 spiro atoms. The van der Waals surface area contributed by atoms with Gasteiger partial charge in [0.2, 0.25) is 10.0 Å². The zero-order valence-electron chi connectivity index (χ0n) is 12.9. The summed E-state index contributed by atoms with van der Waals surface area (Å²) in [6.45, 7) is 9.11. The fourth-order valence-corrected chi connectivity index (χ4v) is 2.65. The van der Waals surface area contributed by atoms with Crippen molar-refractivity contribution >= 4 is 15.9 Å². The van der Waals surface area contributed by atoms with Crippen LogP contribution in [0.1, 0.15) is 31.1 Å². The van der Waals surface area contributed by atoms with Crippen LogP contribution in [0.25, 0.3) is 0 Å². The molecule has 1 unspecified atom stereocenters. The maximum absolute atomic E-state index is 13.8. The summed E-state index contributed by atoms with van der Waals surface area (Å²) in [5, 5.41) is 2.74. The van der Waals surface area contributed by atoms with Crippen molar-refractivity contribution in [2.45, 2.75) is 31.7 Å². The third kappa shape index (κ3) is 4.64. The number of carbonyl (C=O) groups is 1. The molecule has 1 amide bonds. The van der Waals surface area contributed by atoms with Gasteiger partial charge in [0, 0.05) is 18.2 Å². The average molecular weight is 328 g/mol. The molecule has 0 saturated carbocycles. The molecule has 0 aliphatic rings. The van der Waals surface area contributed by atoms with Gasteiger partial charge < -0.3 is 5.32 Å². The number of halogens is 1. The number of nitrogens with one attached hydrogen (secondary N) is 2. The fraction of sp³-hybridized carbons (Fsp3) is 0.400. The van der Waals surface area contributed by atoms with Crippen LogP contribution in [-0.2, 0) is 10.0 Å². The second-order valence-corrected chi connectivity index (χ2v) is 7.03. The Morgan fingerprint density at radius 2 is 2.00 bits per heavy atom. The Morgan fingerprint density at radius 1 is 1.36 bits per heavy atom. The Kier molecular flexibility index (Phi) is 6.25. The predicted molar refractivity (Wildman–Crippen MR) is 83.6 cm³/mol. The van der Waals surface area contributed by atoms with Gasteiger partial charge in [0.25, 0.3) is 5.91 Å². The maximum atomic E-state index is 13.8. The van der Waals surface area contributed by atoms with Gasteiger partial charge in [-0.15, -0.1) is 6.58 Å². The Morgan fingerprint density at radius 3 is 2.55 bits per heavy atom. The molecular formula is C15H21FN2O3S. The Hall–Kier alpha value is -1.73. The van der Waals surface area contributed by atoms with Gasteiger partial charge in [0.05, 0.1) is 0 Å². The van der Waals surface area contributed by atoms with Crippen molar-refractivity contribution in [3.05, 3.63) is 42.2 Å². The molecule has 0 bridgehead atoms. The average Bonchev–Trinajstić information content (AvgIpc) is 2.45. The smallest absolute Gasteiger partial charge is 0.251 e. The number of hydrogen-bond donors (Lipinski definition) is 2. The molecule has 122 valence electrons. The molecule has 7 heteroatoms. The summed E-state index contributed by atoms with van der Waals surface area (Å²) in [6, 6.07) is 3.17. The summed E-state index contributed by atoms with van der Waals surface area (Å²) in [5.41, 5.74) is 0.0906. The van der Waals surface area contributed by atoms with E-state index in [0.717, 1.165) is 12.1 Å². The molecule has 1 atom stereocenters. The first-order valence-corrected chi connectivity index (χ1v) is 8.38. The number of benzene rings is 1. The molecule has 0 aliphatic heterocycles. The van der Waals surface area contributed by atoms with E-state index in [1.807, 2.05) is 20.8 Å². The molecule has 22 heavy (non-hydrogen) atoms. The van der Waals surface area contributed by atoms with Crippen LogP contribution in [-0.4, -0.2) is 26.9 Å². The Bertz CT molecular complexity index is 657. The molecule has 2 N–H and O–H groups in total. The van der Waals surface area contributed by atoms with Gasteiger partial charge in [-0.3, -0.25) is 4.79 Å². The monoisotopic (exact) mass is 328 g/mol. The first-order chi connectivity index (χ1) is 10.2. The number of sulfonamides is 1. The first kappa shape index (κ1) is 18.3. The van der Waals surface area contributed by atoms with Gasteiger partial charge in [0.1, 0.15) is 10.7 Å². The Balaban J connectivity index is 3.09. The van der Waals surface area contributed by atoms with Gasteiger partial charge in [-0.25, -0.2) is 17.5 Å². The second-order valence-electron chi connectivity index (χ2n) is 5.29. The van der Waals surface area contributed by atoms with Crippen LogP contribution in [0.5, 0.6) is 0 Å². The van der Waals surface area contributed by atoms with Gasteiger partial charge in [-0.1, -0.05) is 19.9 Å². The molecule has 0 fully saturated rings. The number of rotatable bonds is 7. The molecule has 1 aromatic rings. The third-order valence-corrected chi connectivity index (χ3v) is 4.70. The summed E-state index contributed by atoms with van der Waals surface area (Å²) in [7, 11) is -4.03. The van der Waals surface area contributed by atoms with Crippen LogP contribution >= 0.6 is 0 Å². The van der Waals surface area contributed by atoms with E-state index in [1.165, 1.54) is 12.1 Å². The van der Waals surface area contributed by atoms with Crippen LogP contribution in [0.4, 0.5) is 4.39 Å². The van der Waals surface area contributed by atoms with Crippen molar-refractivity contribution in [2.24, 2.45) is 5.92 Å². The second kappa shape index (κ2) is 7.51. The quantitative estimate of drug-likeness (QED) is 0.752. The van der Waals surface area contributed by atoms with E-state index < -0.39 is 26.6 Å². The van der Waals surface area contributed by atoms with E-state index in [2.05, 4.69) is 16.6 Å². The Labute approximate surface area is 130 Å². The highest BCUT2D eigenvalue weighted by Crippen LogP contribution is 2.17. The van der Waals surface area contributed by atoms with Crippen molar-refractivity contribution in [1.82, 2.24) is 10.0 Å². The van der Waals surface area contributed by atoms with Crippen molar-refractivity contribution in [3.63, 3.8) is 0 Å². The standard InChI is InChI=1S/C15H21FN2O3S/c1-5-8-17-22(20,21)14-9-12(6-7-13(14)16)15(19)18-11(4)10(2)3/h5-7,9-11,17H,1,8H2,2-4H3,(H,18,19). The minimum Gasteiger partial charge on any atom is -0.349 e. The number of amides is 1. The lowest BCUT2D eigenvalue weighted by atomic mass is 10.1. The molecule has 0 saturated heterocycles. The van der Waals surface area contributed by atoms with Crippen LogP contribution in [0.2, 0.25) is 0 Å². The number of hydrogen-bond acceptors (Lipinski definition) is 3. The lowest BCUT2D eigenvalue weighted by Gasteiger charge is -2.17. The lowest BCUT2D eigenvalue weighted by molar-refractivity contribution is 0.0930. The summed E-state index contributed by atoms with van der Waals surface area (Å²) < 4.78 is 39.9. The van der Waals surface area contributed by atoms with E-state index >= 15 is 0 Å². The molecule has 0 aromatic heterocycles. The van der Waals surface area contributed by atoms with Gasteiger partial charge in [0.15, 0.2) is 0 Å². The minimum absolute atomic E-state index is 0.0252. The van der Waals surface area contributed by atoms with Crippen LogP contribution in [0.3, 0.4) is 0 Å². The van der Waals surface area contributed by atoms with Gasteiger partial charge in [-0.2, -0.15) is 0 Å². The van der Waals surface area contributed by atoms with E-state index in [4.69, 9.17) is 0 Å². The highest BCUT2D eigenvalue weighted by atomic mass is 32.2. The van der Waals surface area contributed by atoms with E-state index in [9.17, 15) is 17.6 Å². The molecule has 0 heterocycles. The van der Waals surface area contributed by atoms with E-state index in [0.29, 0.717) is 0 Å². The highest BCUT2D eigenvalue weighted by Gasteiger charge is 2.21. The SMILES string of the molecule is C=CCNS(=O)(=O)c1cc(C(=O)NC(C)C(C)C)ccc1F. The zero-order chi connectivity index (χ0) is 16.9. The van der Waals surface area contributed by atoms with Crippen molar-refractivity contribution in [2.75, 3.05) is 6.54 Å². The summed E-state index contributed by atoms with van der Waals surface area (Å²) in [6.07, 6.45) is 1.34. The normalized spacial score (nSPS) is 13.0. The van der Waals surface area contributed by atoms with Gasteiger partial charge >= 0.3 is 0 Å². The van der Waals surface area contributed by atoms with Crippen molar-refractivity contribution in [3.8, 4) is 0 Å². The molecule has 1 rings (SSSR count). The molecule has 5 nitrogen and oxygen atoms in total. The third-order valence-electron chi connectivity index (χ3n) is 3.26. The minimum atomic E-state index is -4.03. The maximum Gasteiger partial charge on any atom is 0.251 e. The van der Waals surface area contributed by atoms with Crippen molar-refractivity contribution in [1.29, 1.82) is 0 Å². The largest absolute Gasteiger partial charge is 0.349 e. The lowest BCUT2D eigenvalue weighted by Crippen LogP contribution is -2.36. The van der Waals surface area contributed by atoms with Crippen LogP contribution in [0, 0.1) is 11.7 Å². The topological polar surface area (TPSA) is 75.3 Å². The van der Waals surface area contributed by atoms with Gasteiger partial charge in [-0.05, 0) is 31.0 Å². The predicted octanol–water partition coefficient (Wildman–Crippen LogP) is 2.06. The summed E-state index contributed by atoms with van der Waals surface area (Å²) >= 11 is 0. The molecular weight excluding hydrogens is 307 g/mol. The summed E-state index contributed by atoms with van der Waals surface area (Å²) in [5.74, 6) is -1.13. The highest BCUT2D eigenvalue weighted by molar-refractivity contribution is 7.89. The van der Waals surface area contributed by atoms with Crippen molar-refractivity contribution < 1.29 is 17.6 Å². The fourth-order valence-electron chi connectivity index (χ4n) is 1.55. The molecule has 0 aliphatic carbocycles. The van der Waals surface area contributed by atoms with E-state index in [1.54, 1.807) is 0 Å². The summed E-state index contributed by atoms with van der Waals surface area (Å²) in [4.78, 5) is 11.5. The van der Waals surface area contributed by atoms with Crippen LogP contribution in [0.15, 0.2) is 35.7 Å². The van der Waals surface area contributed by atoms with E-state index in [-0.39, 0.29) is 24.1 Å². The zero-order valence-corrected chi connectivity index (χ0v) is 13.7.